The molecule has 4 rings (SSSR count). The fourth-order valence-electron chi connectivity index (χ4n) is 3.59. The Hall–Kier alpha value is -2.86. The van der Waals surface area contributed by atoms with Crippen LogP contribution in [-0.2, 0) is 13.7 Å². The highest BCUT2D eigenvalue weighted by Gasteiger charge is 2.38. The van der Waals surface area contributed by atoms with E-state index >= 15 is 0 Å². The summed E-state index contributed by atoms with van der Waals surface area (Å²) in [7, 11) is -6.66. The number of rotatable bonds is 6. The molecule has 0 saturated carbocycles. The Morgan fingerprint density at radius 3 is 0.939 bits per heavy atom. The fourth-order valence-corrected chi connectivity index (χ4v) is 8.77. The minimum absolute atomic E-state index is 0.149. The van der Waals surface area contributed by atoms with Gasteiger partial charge in [0.2, 0.25) is 0 Å². The van der Waals surface area contributed by atoms with Crippen LogP contribution in [0.15, 0.2) is 117 Å². The van der Waals surface area contributed by atoms with Gasteiger partial charge in [-0.2, -0.15) is 8.42 Å². The normalized spacial score (nSPS) is 12.5. The molecule has 0 unspecified atom stereocenters. The number of benzene rings is 4. The lowest BCUT2D eigenvalue weighted by atomic mass is 10.2. The van der Waals surface area contributed by atoms with Crippen molar-refractivity contribution in [3.8, 4) is 0 Å². The molecule has 0 aliphatic carbocycles. The molecule has 0 bridgehead atoms. The Morgan fingerprint density at radius 1 is 0.424 bits per heavy atom. The Labute approximate surface area is 198 Å². The van der Waals surface area contributed by atoms with E-state index in [9.17, 15) is 8.42 Å². The monoisotopic (exact) mass is 476 g/mol. The van der Waals surface area contributed by atoms with Crippen molar-refractivity contribution in [2.24, 2.45) is 0 Å². The summed E-state index contributed by atoms with van der Waals surface area (Å²) in [6, 6.07) is 30.7. The zero-order valence-corrected chi connectivity index (χ0v) is 20.9. The van der Waals surface area contributed by atoms with E-state index < -0.39 is 20.4 Å². The van der Waals surface area contributed by atoms with E-state index in [-0.39, 0.29) is 4.90 Å². The molecule has 4 aromatic carbocycles. The van der Waals surface area contributed by atoms with Crippen molar-refractivity contribution in [2.75, 3.05) is 0 Å². The van der Waals surface area contributed by atoms with Crippen molar-refractivity contribution >= 4 is 20.4 Å². The molecule has 3 nitrogen and oxygen atoms in total. The number of aryl methyl sites for hydroxylation is 4. The standard InChI is InChI=1S/C28H28O3S2/c1-21-5-13-25(14-6-21)32(26-15-7-22(2)8-16-26,27-17-9-23(3)10-18-27)31-33(29,30)28-19-11-24(4)12-20-28/h5-20H,1-4H3. The van der Waals surface area contributed by atoms with Gasteiger partial charge in [0.05, 0.1) is 4.90 Å². The van der Waals surface area contributed by atoms with Gasteiger partial charge in [0.25, 0.3) is 0 Å². The Balaban J connectivity index is 2.02. The quantitative estimate of drug-likeness (QED) is 0.289. The van der Waals surface area contributed by atoms with Gasteiger partial charge in [-0.3, -0.25) is 0 Å². The van der Waals surface area contributed by atoms with E-state index in [1.165, 1.54) is 0 Å². The van der Waals surface area contributed by atoms with Crippen LogP contribution in [0.3, 0.4) is 0 Å². The van der Waals surface area contributed by atoms with Crippen molar-refractivity contribution in [3.05, 3.63) is 119 Å². The smallest absolute Gasteiger partial charge is 0.203 e. The van der Waals surface area contributed by atoms with Crippen molar-refractivity contribution in [2.45, 2.75) is 47.3 Å². The minimum atomic E-state index is -4.07. The highest BCUT2D eigenvalue weighted by atomic mass is 32.3. The fraction of sp³-hybridized carbons (Fsp3) is 0.143. The van der Waals surface area contributed by atoms with Crippen LogP contribution in [0.1, 0.15) is 22.3 Å². The Bertz CT molecular complexity index is 1230. The molecular formula is C28H28O3S2. The molecule has 33 heavy (non-hydrogen) atoms. The van der Waals surface area contributed by atoms with Crippen LogP contribution in [0.25, 0.3) is 0 Å². The lowest BCUT2D eigenvalue weighted by Crippen LogP contribution is -2.14. The molecule has 0 atom stereocenters. The van der Waals surface area contributed by atoms with E-state index in [0.717, 1.165) is 36.9 Å². The molecule has 0 spiro atoms. The number of hydrogen-bond donors (Lipinski definition) is 0. The van der Waals surface area contributed by atoms with Crippen LogP contribution in [-0.4, -0.2) is 8.42 Å². The van der Waals surface area contributed by atoms with Crippen molar-refractivity contribution in [3.63, 3.8) is 0 Å². The highest BCUT2D eigenvalue weighted by molar-refractivity contribution is 8.33. The summed E-state index contributed by atoms with van der Waals surface area (Å²) < 4.78 is 33.7. The third-order valence-corrected chi connectivity index (χ3v) is 10.8. The minimum Gasteiger partial charge on any atom is -0.203 e. The van der Waals surface area contributed by atoms with E-state index in [0.29, 0.717) is 0 Å². The first-order valence-corrected chi connectivity index (χ1v) is 13.7. The largest absolute Gasteiger partial charge is 0.307 e. The molecule has 0 saturated heterocycles. The molecule has 0 aliphatic rings. The maximum Gasteiger partial charge on any atom is 0.307 e. The van der Waals surface area contributed by atoms with Gasteiger partial charge in [-0.15, -0.1) is 0 Å². The Morgan fingerprint density at radius 2 is 0.667 bits per heavy atom. The second kappa shape index (κ2) is 9.18. The predicted molar refractivity (Wildman–Crippen MR) is 135 cm³/mol. The van der Waals surface area contributed by atoms with E-state index in [1.807, 2.05) is 100 Å². The maximum atomic E-state index is 13.7. The summed E-state index contributed by atoms with van der Waals surface area (Å²) in [4.78, 5) is 2.64. The van der Waals surface area contributed by atoms with Crippen LogP contribution in [0, 0.1) is 27.7 Å². The molecule has 0 N–H and O–H groups in total. The van der Waals surface area contributed by atoms with Gasteiger partial charge >= 0.3 is 10.1 Å². The molecule has 0 aliphatic heterocycles. The van der Waals surface area contributed by atoms with Gasteiger partial charge < -0.3 is 0 Å². The lowest BCUT2D eigenvalue weighted by molar-refractivity contribution is 0.508. The first-order chi connectivity index (χ1) is 15.7. The van der Waals surface area contributed by atoms with Gasteiger partial charge in [-0.05, 0) is 86.5 Å². The highest BCUT2D eigenvalue weighted by Crippen LogP contribution is 2.70. The van der Waals surface area contributed by atoms with Crippen LogP contribution in [0.2, 0.25) is 0 Å². The zero-order valence-electron chi connectivity index (χ0n) is 19.3. The molecule has 5 heteroatoms. The molecule has 4 aromatic rings. The SMILES string of the molecule is Cc1ccc(S(OS(=O)(=O)c2ccc(C)cc2)(c2ccc(C)cc2)c2ccc(C)cc2)cc1. The Kier molecular flexibility index (Phi) is 6.48. The van der Waals surface area contributed by atoms with Crippen LogP contribution < -0.4 is 0 Å². The third kappa shape index (κ3) is 4.76. The van der Waals surface area contributed by atoms with Crippen LogP contribution in [0.4, 0.5) is 0 Å². The zero-order chi connectivity index (χ0) is 23.6. The summed E-state index contributed by atoms with van der Waals surface area (Å²) in [5, 5.41) is 0. The van der Waals surface area contributed by atoms with Gasteiger partial charge in [-0.25, -0.2) is 3.63 Å². The molecule has 170 valence electrons. The lowest BCUT2D eigenvalue weighted by Gasteiger charge is -2.39. The van der Waals surface area contributed by atoms with Gasteiger partial charge in [0, 0.05) is 14.7 Å². The molecule has 0 heterocycles. The van der Waals surface area contributed by atoms with Crippen LogP contribution >= 0.6 is 10.3 Å². The average Bonchev–Trinajstić information content (AvgIpc) is 2.79. The molecule has 0 fully saturated rings. The summed E-state index contributed by atoms with van der Waals surface area (Å²) in [5.74, 6) is 0. The maximum absolute atomic E-state index is 13.7. The van der Waals surface area contributed by atoms with Gasteiger partial charge in [-0.1, -0.05) is 70.8 Å². The number of hydrogen-bond acceptors (Lipinski definition) is 3. The van der Waals surface area contributed by atoms with Crippen molar-refractivity contribution in [1.29, 1.82) is 0 Å². The van der Waals surface area contributed by atoms with Gasteiger partial charge in [0.15, 0.2) is 0 Å². The topological polar surface area (TPSA) is 43.4 Å². The summed E-state index contributed by atoms with van der Waals surface area (Å²) in [5.41, 5.74) is 4.28. The second-order valence-corrected chi connectivity index (χ2v) is 12.8. The van der Waals surface area contributed by atoms with Crippen molar-refractivity contribution in [1.82, 2.24) is 0 Å². The van der Waals surface area contributed by atoms with E-state index in [1.54, 1.807) is 24.3 Å². The molecule has 0 radical (unpaired) electrons. The molecule has 0 aromatic heterocycles. The average molecular weight is 477 g/mol. The first kappa shape index (κ1) is 23.3. The predicted octanol–water partition coefficient (Wildman–Crippen LogP) is 7.52. The summed E-state index contributed by atoms with van der Waals surface area (Å²) in [6.07, 6.45) is 0. The van der Waals surface area contributed by atoms with Crippen LogP contribution in [0.5, 0.6) is 0 Å². The third-order valence-electron chi connectivity index (χ3n) is 5.56. The van der Waals surface area contributed by atoms with Crippen molar-refractivity contribution < 1.29 is 12.0 Å². The summed E-state index contributed by atoms with van der Waals surface area (Å²) in [6.45, 7) is 7.98. The second-order valence-electron chi connectivity index (χ2n) is 8.33. The molecule has 0 amide bonds. The first-order valence-electron chi connectivity index (χ1n) is 10.8. The van der Waals surface area contributed by atoms with E-state index in [2.05, 4.69) is 0 Å². The van der Waals surface area contributed by atoms with E-state index in [4.69, 9.17) is 3.63 Å². The molecular weight excluding hydrogens is 448 g/mol. The summed E-state index contributed by atoms with van der Waals surface area (Å²) >= 11 is 0. The van der Waals surface area contributed by atoms with Gasteiger partial charge in [0.1, 0.15) is 0 Å².